The quantitative estimate of drug-likeness (QED) is 0.485. The van der Waals surface area contributed by atoms with Gasteiger partial charge in [-0.25, -0.2) is 17.7 Å². The minimum Gasteiger partial charge on any atom is -0.453 e. The van der Waals surface area contributed by atoms with E-state index in [2.05, 4.69) is 10.3 Å². The first-order valence-corrected chi connectivity index (χ1v) is 11.9. The second-order valence-electron chi connectivity index (χ2n) is 7.84. The van der Waals surface area contributed by atoms with Gasteiger partial charge in [0.15, 0.2) is 6.10 Å². The molecule has 1 N–H and O–H groups in total. The second-order valence-corrected chi connectivity index (χ2v) is 9.99. The van der Waals surface area contributed by atoms with Gasteiger partial charge in [-0.1, -0.05) is 0 Å². The van der Waals surface area contributed by atoms with Crippen LogP contribution in [0.2, 0.25) is 0 Å². The molecular weight excluding hydrogens is 458 g/mol. The minimum atomic E-state index is -3.59. The van der Waals surface area contributed by atoms with Crippen LogP contribution < -0.4 is 5.32 Å². The molecule has 0 aliphatic rings. The van der Waals surface area contributed by atoms with Crippen molar-refractivity contribution in [3.05, 3.63) is 53.9 Å². The number of esters is 1. The summed E-state index contributed by atoms with van der Waals surface area (Å²) in [6.07, 6.45) is -0.763. The number of nitriles is 1. The molecule has 3 aromatic rings. The summed E-state index contributed by atoms with van der Waals surface area (Å²) in [4.78, 5) is 29.2. The Labute approximate surface area is 197 Å². The van der Waals surface area contributed by atoms with Gasteiger partial charge in [-0.3, -0.25) is 9.59 Å². The third kappa shape index (κ3) is 5.41. The highest BCUT2D eigenvalue weighted by Crippen LogP contribution is 2.22. The van der Waals surface area contributed by atoms with E-state index in [1.54, 1.807) is 41.9 Å². The van der Waals surface area contributed by atoms with Crippen molar-refractivity contribution in [2.45, 2.75) is 30.8 Å². The van der Waals surface area contributed by atoms with E-state index in [0.717, 1.165) is 9.82 Å². The molecule has 0 saturated heterocycles. The number of ether oxygens (including phenoxy) is 1. The van der Waals surface area contributed by atoms with Crippen LogP contribution in [0.3, 0.4) is 0 Å². The molecule has 1 atom stereocenters. The number of amides is 1. The lowest BCUT2D eigenvalue weighted by Crippen LogP contribution is -2.30. The number of carbonyl (C=O) groups excluding carboxylic acids is 2. The van der Waals surface area contributed by atoms with Gasteiger partial charge in [0.05, 0.1) is 34.0 Å². The third-order valence-electron chi connectivity index (χ3n) is 5.24. The summed E-state index contributed by atoms with van der Waals surface area (Å²) in [5, 5.41) is 11.5. The zero-order chi connectivity index (χ0) is 25.0. The number of aromatic nitrogens is 2. The number of fused-ring (bicyclic) bond motifs is 1. The Morgan fingerprint density at radius 2 is 1.88 bits per heavy atom. The maximum Gasteiger partial charge on any atom is 0.307 e. The van der Waals surface area contributed by atoms with Crippen LogP contribution in [0.5, 0.6) is 0 Å². The van der Waals surface area contributed by atoms with Crippen LogP contribution in [0.25, 0.3) is 11.0 Å². The minimum absolute atomic E-state index is 0.00545. The van der Waals surface area contributed by atoms with Crippen molar-refractivity contribution in [1.82, 2.24) is 13.9 Å². The van der Waals surface area contributed by atoms with E-state index in [9.17, 15) is 18.0 Å². The largest absolute Gasteiger partial charge is 0.453 e. The lowest BCUT2D eigenvalue weighted by molar-refractivity contribution is -0.153. The number of anilines is 1. The summed E-state index contributed by atoms with van der Waals surface area (Å²) >= 11 is 0. The molecule has 1 aromatic heterocycles. The lowest BCUT2D eigenvalue weighted by atomic mass is 10.2. The van der Waals surface area contributed by atoms with Gasteiger partial charge >= 0.3 is 5.97 Å². The Morgan fingerprint density at radius 1 is 1.21 bits per heavy atom. The number of hydrogen-bond donors (Lipinski definition) is 1. The molecule has 1 amide bonds. The van der Waals surface area contributed by atoms with Gasteiger partial charge in [0, 0.05) is 33.3 Å². The highest BCUT2D eigenvalue weighted by atomic mass is 32.2. The molecule has 11 heteroatoms. The van der Waals surface area contributed by atoms with Gasteiger partial charge in [0.2, 0.25) is 10.0 Å². The maximum atomic E-state index is 12.4. The van der Waals surface area contributed by atoms with Crippen molar-refractivity contribution in [3.8, 4) is 6.07 Å². The highest BCUT2D eigenvalue weighted by Gasteiger charge is 2.21. The molecule has 34 heavy (non-hydrogen) atoms. The molecule has 178 valence electrons. The van der Waals surface area contributed by atoms with Gasteiger partial charge in [-0.2, -0.15) is 5.26 Å². The molecular formula is C23H25N5O5S. The summed E-state index contributed by atoms with van der Waals surface area (Å²) in [5.74, 6) is -0.470. The SMILES string of the molecule is CC(OC(=O)CCc1nc2cc(S(=O)(=O)N(C)C)ccc2n1C)C(=O)Nc1ccc(C#N)cc1. The smallest absolute Gasteiger partial charge is 0.307 e. The Balaban J connectivity index is 1.61. The summed E-state index contributed by atoms with van der Waals surface area (Å²) < 4.78 is 32.9. The Morgan fingerprint density at radius 3 is 2.50 bits per heavy atom. The number of carbonyl (C=O) groups is 2. The van der Waals surface area contributed by atoms with E-state index in [1.165, 1.54) is 33.2 Å². The van der Waals surface area contributed by atoms with Gasteiger partial charge in [-0.05, 0) is 49.4 Å². The van der Waals surface area contributed by atoms with E-state index in [0.29, 0.717) is 22.6 Å². The molecule has 0 saturated carbocycles. The fourth-order valence-electron chi connectivity index (χ4n) is 3.22. The first kappa shape index (κ1) is 24.9. The number of nitrogens with one attached hydrogen (secondary N) is 1. The zero-order valence-electron chi connectivity index (χ0n) is 19.3. The third-order valence-corrected chi connectivity index (χ3v) is 7.05. The molecule has 0 aliphatic carbocycles. The van der Waals surface area contributed by atoms with Crippen molar-refractivity contribution in [2.24, 2.45) is 7.05 Å². The number of imidazole rings is 1. The molecule has 1 unspecified atom stereocenters. The Hall–Kier alpha value is -3.75. The van der Waals surface area contributed by atoms with Crippen molar-refractivity contribution >= 4 is 38.6 Å². The average Bonchev–Trinajstić information content (AvgIpc) is 3.12. The summed E-state index contributed by atoms with van der Waals surface area (Å²) in [5.41, 5.74) is 2.19. The van der Waals surface area contributed by atoms with Gasteiger partial charge in [-0.15, -0.1) is 0 Å². The van der Waals surface area contributed by atoms with Crippen LogP contribution in [0, 0.1) is 11.3 Å². The van der Waals surface area contributed by atoms with Gasteiger partial charge in [0.25, 0.3) is 5.91 Å². The van der Waals surface area contributed by atoms with Crippen molar-refractivity contribution in [2.75, 3.05) is 19.4 Å². The van der Waals surface area contributed by atoms with E-state index >= 15 is 0 Å². The molecule has 0 aliphatic heterocycles. The van der Waals surface area contributed by atoms with E-state index in [4.69, 9.17) is 10.00 Å². The summed E-state index contributed by atoms with van der Waals surface area (Å²) in [6.45, 7) is 1.47. The monoisotopic (exact) mass is 483 g/mol. The topological polar surface area (TPSA) is 134 Å². The zero-order valence-corrected chi connectivity index (χ0v) is 20.1. The van der Waals surface area contributed by atoms with E-state index in [-0.39, 0.29) is 17.7 Å². The normalized spacial score (nSPS) is 12.4. The van der Waals surface area contributed by atoms with Gasteiger partial charge in [0.1, 0.15) is 5.82 Å². The summed E-state index contributed by atoms with van der Waals surface area (Å²) in [7, 11) is 1.11. The Kier molecular flexibility index (Phi) is 7.34. The standard InChI is InChI=1S/C23H25N5O5S/c1-15(23(30)25-17-7-5-16(14-24)6-8-17)33-22(29)12-11-21-26-19-13-18(34(31,32)27(2)3)9-10-20(19)28(21)4/h5-10,13,15H,11-12H2,1-4H3,(H,25,30). The van der Waals surface area contributed by atoms with E-state index in [1.807, 2.05) is 6.07 Å². The second kappa shape index (κ2) is 10.0. The van der Waals surface area contributed by atoms with Crippen LogP contribution in [-0.4, -0.2) is 54.3 Å². The predicted molar refractivity (Wildman–Crippen MR) is 125 cm³/mol. The first-order chi connectivity index (χ1) is 16.0. The molecule has 3 rings (SSSR count). The number of sulfonamides is 1. The van der Waals surface area contributed by atoms with E-state index < -0.39 is 28.0 Å². The van der Waals surface area contributed by atoms with Crippen LogP contribution in [0.1, 0.15) is 24.7 Å². The maximum absolute atomic E-state index is 12.4. The van der Waals surface area contributed by atoms with Crippen molar-refractivity contribution < 1.29 is 22.7 Å². The molecule has 0 bridgehead atoms. The number of benzene rings is 2. The van der Waals surface area contributed by atoms with Crippen LogP contribution >= 0.6 is 0 Å². The van der Waals surface area contributed by atoms with Crippen molar-refractivity contribution in [3.63, 3.8) is 0 Å². The number of nitrogens with zero attached hydrogens (tertiary/aromatic N) is 4. The Bertz CT molecular complexity index is 1370. The van der Waals surface area contributed by atoms with Crippen molar-refractivity contribution in [1.29, 1.82) is 5.26 Å². The molecule has 10 nitrogen and oxygen atoms in total. The first-order valence-electron chi connectivity index (χ1n) is 10.4. The fourth-order valence-corrected chi connectivity index (χ4v) is 4.14. The van der Waals surface area contributed by atoms with Crippen LogP contribution in [-0.2, 0) is 37.8 Å². The average molecular weight is 484 g/mol. The predicted octanol–water partition coefficient (Wildman–Crippen LogP) is 2.20. The fraction of sp³-hybridized carbons (Fsp3) is 0.304. The van der Waals surface area contributed by atoms with Gasteiger partial charge < -0.3 is 14.6 Å². The van der Waals surface area contributed by atoms with Crippen LogP contribution in [0.15, 0.2) is 47.4 Å². The number of hydrogen-bond acceptors (Lipinski definition) is 7. The molecule has 0 fully saturated rings. The number of rotatable bonds is 8. The molecule has 0 spiro atoms. The molecule has 1 heterocycles. The highest BCUT2D eigenvalue weighted by molar-refractivity contribution is 7.89. The lowest BCUT2D eigenvalue weighted by Gasteiger charge is -2.13. The molecule has 0 radical (unpaired) electrons. The summed E-state index contributed by atoms with van der Waals surface area (Å²) in [6, 6.07) is 13.0. The van der Waals surface area contributed by atoms with Crippen LogP contribution in [0.4, 0.5) is 5.69 Å². The number of aryl methyl sites for hydroxylation is 2. The molecule has 2 aromatic carbocycles.